The predicted molar refractivity (Wildman–Crippen MR) is 68.6 cm³/mol. The van der Waals surface area contributed by atoms with Crippen molar-refractivity contribution >= 4 is 0 Å². The number of ether oxygens (including phenoxy) is 1. The van der Waals surface area contributed by atoms with Gasteiger partial charge in [-0.15, -0.1) is 0 Å². The van der Waals surface area contributed by atoms with Gasteiger partial charge in [0.25, 0.3) is 0 Å². The molecule has 1 aromatic rings. The van der Waals surface area contributed by atoms with Crippen LogP contribution in [0.15, 0.2) is 12.4 Å². The molecule has 5 heteroatoms. The van der Waals surface area contributed by atoms with Crippen molar-refractivity contribution in [1.82, 2.24) is 14.7 Å². The molecule has 0 aliphatic rings. The molecule has 1 heterocycles. The Labute approximate surface area is 104 Å². The van der Waals surface area contributed by atoms with E-state index in [1.54, 1.807) is 7.11 Å². The summed E-state index contributed by atoms with van der Waals surface area (Å²) in [5, 5.41) is 4.18. The number of nitrogens with two attached hydrogens (primary N) is 1. The molecule has 0 aliphatic heterocycles. The van der Waals surface area contributed by atoms with Gasteiger partial charge in [0, 0.05) is 39.0 Å². The first kappa shape index (κ1) is 14.2. The van der Waals surface area contributed by atoms with Crippen LogP contribution in [0.3, 0.4) is 0 Å². The van der Waals surface area contributed by atoms with Gasteiger partial charge in [0.05, 0.1) is 18.3 Å². The lowest BCUT2D eigenvalue weighted by Crippen LogP contribution is -2.54. The van der Waals surface area contributed by atoms with Crippen LogP contribution < -0.4 is 5.73 Å². The summed E-state index contributed by atoms with van der Waals surface area (Å²) < 4.78 is 7.13. The number of hydrogen-bond acceptors (Lipinski definition) is 4. The highest BCUT2D eigenvalue weighted by Gasteiger charge is 2.31. The molecule has 0 saturated carbocycles. The van der Waals surface area contributed by atoms with E-state index in [1.165, 1.54) is 5.56 Å². The number of aryl methyl sites for hydroxylation is 1. The predicted octanol–water partition coefficient (Wildman–Crippen LogP) is 0.606. The SMILES string of the molecule is CCC(CN)(COC)N(C)Cc1cnn(C)c1. The van der Waals surface area contributed by atoms with E-state index >= 15 is 0 Å². The smallest absolute Gasteiger partial charge is 0.0658 e. The maximum atomic E-state index is 5.92. The largest absolute Gasteiger partial charge is 0.383 e. The van der Waals surface area contributed by atoms with E-state index in [-0.39, 0.29) is 5.54 Å². The van der Waals surface area contributed by atoms with Gasteiger partial charge < -0.3 is 10.5 Å². The lowest BCUT2D eigenvalue weighted by atomic mass is 9.95. The number of nitrogens with zero attached hydrogens (tertiary/aromatic N) is 3. The minimum Gasteiger partial charge on any atom is -0.383 e. The third-order valence-corrected chi connectivity index (χ3v) is 3.44. The Morgan fingerprint density at radius 3 is 2.71 bits per heavy atom. The van der Waals surface area contributed by atoms with Crippen LogP contribution in [0.25, 0.3) is 0 Å². The molecule has 2 N–H and O–H groups in total. The van der Waals surface area contributed by atoms with E-state index in [1.807, 2.05) is 24.1 Å². The minimum atomic E-state index is -0.0927. The summed E-state index contributed by atoms with van der Waals surface area (Å²) in [6, 6.07) is 0. The van der Waals surface area contributed by atoms with E-state index < -0.39 is 0 Å². The third-order valence-electron chi connectivity index (χ3n) is 3.44. The van der Waals surface area contributed by atoms with Crippen molar-refractivity contribution in [3.05, 3.63) is 18.0 Å². The molecular formula is C12H24N4O. The number of methoxy groups -OCH3 is 1. The van der Waals surface area contributed by atoms with Gasteiger partial charge in [-0.2, -0.15) is 5.10 Å². The number of hydrogen-bond donors (Lipinski definition) is 1. The summed E-state index contributed by atoms with van der Waals surface area (Å²) in [6.07, 6.45) is 4.88. The highest BCUT2D eigenvalue weighted by atomic mass is 16.5. The van der Waals surface area contributed by atoms with E-state index in [2.05, 4.69) is 24.0 Å². The van der Waals surface area contributed by atoms with Gasteiger partial charge in [0.15, 0.2) is 0 Å². The fourth-order valence-electron chi connectivity index (χ4n) is 2.11. The molecule has 98 valence electrons. The highest BCUT2D eigenvalue weighted by molar-refractivity contribution is 5.05. The molecule has 0 saturated heterocycles. The van der Waals surface area contributed by atoms with Gasteiger partial charge in [0.1, 0.15) is 0 Å². The zero-order chi connectivity index (χ0) is 12.9. The first-order valence-corrected chi connectivity index (χ1v) is 5.95. The van der Waals surface area contributed by atoms with Crippen molar-refractivity contribution in [2.75, 3.05) is 27.3 Å². The minimum absolute atomic E-state index is 0.0927. The van der Waals surface area contributed by atoms with Crippen LogP contribution in [0.5, 0.6) is 0 Å². The van der Waals surface area contributed by atoms with E-state index in [4.69, 9.17) is 10.5 Å². The Hall–Kier alpha value is -0.910. The lowest BCUT2D eigenvalue weighted by Gasteiger charge is -2.39. The van der Waals surface area contributed by atoms with Gasteiger partial charge in [-0.25, -0.2) is 0 Å². The zero-order valence-corrected chi connectivity index (χ0v) is 11.3. The molecule has 5 nitrogen and oxygen atoms in total. The van der Waals surface area contributed by atoms with Crippen molar-refractivity contribution in [3.8, 4) is 0 Å². The normalized spacial score (nSPS) is 15.2. The van der Waals surface area contributed by atoms with Crippen molar-refractivity contribution < 1.29 is 4.74 Å². The van der Waals surface area contributed by atoms with Crippen molar-refractivity contribution in [2.24, 2.45) is 12.8 Å². The van der Waals surface area contributed by atoms with Crippen molar-refractivity contribution in [3.63, 3.8) is 0 Å². The average Bonchev–Trinajstić information content (AvgIpc) is 2.71. The van der Waals surface area contributed by atoms with Crippen molar-refractivity contribution in [1.29, 1.82) is 0 Å². The Morgan fingerprint density at radius 2 is 2.29 bits per heavy atom. The number of aromatic nitrogens is 2. The molecule has 1 atom stereocenters. The maximum absolute atomic E-state index is 5.92. The fourth-order valence-corrected chi connectivity index (χ4v) is 2.11. The first-order chi connectivity index (χ1) is 8.07. The van der Waals surface area contributed by atoms with Gasteiger partial charge in [-0.3, -0.25) is 9.58 Å². The van der Waals surface area contributed by atoms with Crippen LogP contribution in [0.4, 0.5) is 0 Å². The van der Waals surface area contributed by atoms with Crippen LogP contribution >= 0.6 is 0 Å². The van der Waals surface area contributed by atoms with Crippen LogP contribution in [-0.2, 0) is 18.3 Å². The summed E-state index contributed by atoms with van der Waals surface area (Å²) >= 11 is 0. The molecular weight excluding hydrogens is 216 g/mol. The molecule has 0 amide bonds. The van der Waals surface area contributed by atoms with Gasteiger partial charge in [-0.1, -0.05) is 6.92 Å². The zero-order valence-electron chi connectivity index (χ0n) is 11.3. The van der Waals surface area contributed by atoms with Gasteiger partial charge >= 0.3 is 0 Å². The molecule has 0 aromatic carbocycles. The molecule has 1 aromatic heterocycles. The molecule has 1 unspecified atom stereocenters. The summed E-state index contributed by atoms with van der Waals surface area (Å²) in [4.78, 5) is 2.26. The Bertz CT molecular complexity index is 333. The van der Waals surface area contributed by atoms with Crippen LogP contribution in [0.2, 0.25) is 0 Å². The van der Waals surface area contributed by atoms with E-state index in [9.17, 15) is 0 Å². The van der Waals surface area contributed by atoms with E-state index in [0.717, 1.165) is 13.0 Å². The molecule has 0 radical (unpaired) electrons. The second kappa shape index (κ2) is 6.14. The standard InChI is InChI=1S/C12H24N4O/c1-5-12(9-13,10-17-4)15(2)7-11-6-14-16(3)8-11/h6,8H,5,7,9-10,13H2,1-4H3. The average molecular weight is 240 g/mol. The second-order valence-corrected chi connectivity index (χ2v) is 4.59. The van der Waals surface area contributed by atoms with Crippen LogP contribution in [0.1, 0.15) is 18.9 Å². The lowest BCUT2D eigenvalue weighted by molar-refractivity contribution is 0.0234. The first-order valence-electron chi connectivity index (χ1n) is 5.95. The van der Waals surface area contributed by atoms with Crippen molar-refractivity contribution in [2.45, 2.75) is 25.4 Å². The summed E-state index contributed by atoms with van der Waals surface area (Å²) in [6.45, 7) is 4.22. The Morgan fingerprint density at radius 1 is 1.59 bits per heavy atom. The molecule has 0 fully saturated rings. The Kier molecular flexibility index (Phi) is 5.11. The third kappa shape index (κ3) is 3.28. The topological polar surface area (TPSA) is 56.3 Å². The van der Waals surface area contributed by atoms with Crippen LogP contribution in [0, 0.1) is 0 Å². The van der Waals surface area contributed by atoms with E-state index in [0.29, 0.717) is 13.2 Å². The number of likely N-dealkylation sites (N-methyl/N-ethyl adjacent to an activating group) is 1. The monoisotopic (exact) mass is 240 g/mol. The highest BCUT2D eigenvalue weighted by Crippen LogP contribution is 2.20. The summed E-state index contributed by atoms with van der Waals surface area (Å²) in [5.74, 6) is 0. The molecule has 0 spiro atoms. The van der Waals surface area contributed by atoms with Gasteiger partial charge in [-0.05, 0) is 13.5 Å². The second-order valence-electron chi connectivity index (χ2n) is 4.59. The fraction of sp³-hybridized carbons (Fsp3) is 0.750. The maximum Gasteiger partial charge on any atom is 0.0658 e. The van der Waals surface area contributed by atoms with Gasteiger partial charge in [0.2, 0.25) is 0 Å². The molecule has 17 heavy (non-hydrogen) atoms. The van der Waals surface area contributed by atoms with Crippen LogP contribution in [-0.4, -0.2) is 47.5 Å². The summed E-state index contributed by atoms with van der Waals surface area (Å²) in [5.41, 5.74) is 7.02. The summed E-state index contributed by atoms with van der Waals surface area (Å²) in [7, 11) is 5.73. The molecule has 0 bridgehead atoms. The Balaban J connectivity index is 2.74. The quantitative estimate of drug-likeness (QED) is 0.758. The number of rotatable bonds is 7. The molecule has 1 rings (SSSR count). The molecule has 0 aliphatic carbocycles.